The lowest BCUT2D eigenvalue weighted by Gasteiger charge is -2.37. The van der Waals surface area contributed by atoms with Crippen LogP contribution in [-0.4, -0.2) is 63.2 Å². The first-order chi connectivity index (χ1) is 12.2. The number of hydrogen-bond donors (Lipinski definition) is 1. The van der Waals surface area contributed by atoms with Gasteiger partial charge in [0.15, 0.2) is 5.82 Å². The molecule has 1 fully saturated rings. The molecule has 1 saturated heterocycles. The number of aromatic nitrogens is 2. The molecule has 0 bridgehead atoms. The van der Waals surface area contributed by atoms with Crippen molar-refractivity contribution in [3.63, 3.8) is 0 Å². The Morgan fingerprint density at radius 3 is 2.62 bits per heavy atom. The van der Waals surface area contributed by atoms with Gasteiger partial charge in [0.1, 0.15) is 0 Å². The van der Waals surface area contributed by atoms with Gasteiger partial charge in [-0.15, -0.1) is 12.4 Å². The average molecular weight is 381 g/mol. The smallest absolute Gasteiger partial charge is 0.317 e. The molecule has 1 aliphatic rings. The summed E-state index contributed by atoms with van der Waals surface area (Å²) in [6.07, 6.45) is 1.93. The number of carbonyl (C=O) groups is 1. The van der Waals surface area contributed by atoms with Gasteiger partial charge in [-0.05, 0) is 31.5 Å². The van der Waals surface area contributed by atoms with Crippen LogP contribution in [-0.2, 0) is 11.3 Å². The van der Waals surface area contributed by atoms with Gasteiger partial charge in [0.05, 0.1) is 13.1 Å². The van der Waals surface area contributed by atoms with Crippen molar-refractivity contribution >= 4 is 18.4 Å². The summed E-state index contributed by atoms with van der Waals surface area (Å²) in [5, 5.41) is 13.1. The van der Waals surface area contributed by atoms with Crippen LogP contribution in [0.2, 0.25) is 0 Å². The zero-order chi connectivity index (χ0) is 17.6. The molecular weight excluding hydrogens is 356 g/mol. The van der Waals surface area contributed by atoms with Crippen LogP contribution in [0.3, 0.4) is 0 Å². The number of aliphatic carboxylic acids is 1. The summed E-state index contributed by atoms with van der Waals surface area (Å²) in [4.78, 5) is 19.8. The second kappa shape index (κ2) is 9.66. The monoisotopic (exact) mass is 380 g/mol. The van der Waals surface area contributed by atoms with Crippen molar-refractivity contribution in [2.45, 2.75) is 32.4 Å². The van der Waals surface area contributed by atoms with E-state index in [1.807, 2.05) is 42.2 Å². The van der Waals surface area contributed by atoms with Crippen molar-refractivity contribution in [3.05, 3.63) is 36.2 Å². The molecule has 1 N–H and O–H groups in total. The van der Waals surface area contributed by atoms with Gasteiger partial charge in [0.2, 0.25) is 0 Å². The third-order valence-electron chi connectivity index (χ3n) is 4.67. The maximum atomic E-state index is 11.0. The Morgan fingerprint density at radius 2 is 2.00 bits per heavy atom. The largest absolute Gasteiger partial charge is 0.480 e. The predicted octanol–water partition coefficient (Wildman–Crippen LogP) is 2.53. The molecular formula is C18H25ClN4O3. The second-order valence-electron chi connectivity index (χ2n) is 6.35. The number of likely N-dealkylation sites (tertiary alicyclic amines) is 1. The highest BCUT2D eigenvalue weighted by Crippen LogP contribution is 2.20. The summed E-state index contributed by atoms with van der Waals surface area (Å²) in [7, 11) is 0. The van der Waals surface area contributed by atoms with E-state index >= 15 is 0 Å². The molecule has 0 amide bonds. The van der Waals surface area contributed by atoms with Gasteiger partial charge >= 0.3 is 5.97 Å². The Morgan fingerprint density at radius 1 is 1.31 bits per heavy atom. The zero-order valence-electron chi connectivity index (χ0n) is 14.9. The Hall–Kier alpha value is -1.96. The Labute approximate surface area is 159 Å². The number of nitrogens with zero attached hydrogens (tertiary/aromatic N) is 4. The predicted molar refractivity (Wildman–Crippen MR) is 100 cm³/mol. The second-order valence-corrected chi connectivity index (χ2v) is 6.35. The van der Waals surface area contributed by atoms with E-state index in [1.165, 1.54) is 0 Å². The van der Waals surface area contributed by atoms with E-state index in [0.29, 0.717) is 24.3 Å². The molecule has 0 radical (unpaired) electrons. The van der Waals surface area contributed by atoms with Gasteiger partial charge in [-0.1, -0.05) is 30.3 Å². The SMILES string of the molecule is CCN(CC(=O)O)C1CCN(Cc2noc(-c3ccccc3)n2)CC1.Cl. The minimum Gasteiger partial charge on any atom is -0.480 e. The number of hydrogen-bond acceptors (Lipinski definition) is 6. The van der Waals surface area contributed by atoms with Gasteiger partial charge in [0, 0.05) is 24.7 Å². The van der Waals surface area contributed by atoms with E-state index in [2.05, 4.69) is 15.0 Å². The van der Waals surface area contributed by atoms with E-state index in [1.54, 1.807) is 0 Å². The van der Waals surface area contributed by atoms with Gasteiger partial charge in [-0.3, -0.25) is 14.6 Å². The molecule has 0 spiro atoms. The summed E-state index contributed by atoms with van der Waals surface area (Å²) in [5.74, 6) is 0.476. The molecule has 0 atom stereocenters. The fraction of sp³-hybridized carbons (Fsp3) is 0.500. The molecule has 3 rings (SSSR count). The molecule has 8 heteroatoms. The molecule has 1 aliphatic heterocycles. The molecule has 2 aromatic rings. The van der Waals surface area contributed by atoms with Gasteiger partial charge < -0.3 is 9.63 Å². The first-order valence-corrected chi connectivity index (χ1v) is 8.72. The van der Waals surface area contributed by atoms with E-state index in [0.717, 1.165) is 38.0 Å². The van der Waals surface area contributed by atoms with E-state index in [9.17, 15) is 4.79 Å². The van der Waals surface area contributed by atoms with Crippen LogP contribution >= 0.6 is 12.4 Å². The molecule has 1 aromatic heterocycles. The lowest BCUT2D eigenvalue weighted by molar-refractivity contribution is -0.139. The van der Waals surface area contributed by atoms with Crippen LogP contribution in [0, 0.1) is 0 Å². The van der Waals surface area contributed by atoms with E-state index in [-0.39, 0.29) is 19.0 Å². The van der Waals surface area contributed by atoms with Crippen LogP contribution in [0.1, 0.15) is 25.6 Å². The highest BCUT2D eigenvalue weighted by molar-refractivity contribution is 5.85. The van der Waals surface area contributed by atoms with Crippen molar-refractivity contribution in [1.29, 1.82) is 0 Å². The fourth-order valence-corrected chi connectivity index (χ4v) is 3.33. The summed E-state index contributed by atoms with van der Waals surface area (Å²) in [6.45, 7) is 5.38. The maximum Gasteiger partial charge on any atom is 0.317 e. The molecule has 0 saturated carbocycles. The number of carboxylic acid groups (broad SMARTS) is 1. The molecule has 7 nitrogen and oxygen atoms in total. The third-order valence-corrected chi connectivity index (χ3v) is 4.67. The minimum atomic E-state index is -0.760. The van der Waals surface area contributed by atoms with Gasteiger partial charge in [-0.25, -0.2) is 0 Å². The fourth-order valence-electron chi connectivity index (χ4n) is 3.33. The first kappa shape index (κ1) is 20.4. The summed E-state index contributed by atoms with van der Waals surface area (Å²) in [5.41, 5.74) is 0.923. The number of likely N-dealkylation sites (N-methyl/N-ethyl adjacent to an activating group) is 1. The highest BCUT2D eigenvalue weighted by Gasteiger charge is 2.25. The molecule has 2 heterocycles. The van der Waals surface area contributed by atoms with Crippen molar-refractivity contribution in [3.8, 4) is 11.5 Å². The summed E-state index contributed by atoms with van der Waals surface area (Å²) in [6, 6.07) is 10.1. The lowest BCUT2D eigenvalue weighted by atomic mass is 10.0. The molecule has 142 valence electrons. The van der Waals surface area contributed by atoms with Crippen LogP contribution in [0.4, 0.5) is 0 Å². The number of piperidine rings is 1. The van der Waals surface area contributed by atoms with Crippen molar-refractivity contribution in [2.24, 2.45) is 0 Å². The Balaban J connectivity index is 0.00000243. The maximum absolute atomic E-state index is 11.0. The number of benzene rings is 1. The van der Waals surface area contributed by atoms with Crippen molar-refractivity contribution < 1.29 is 14.4 Å². The lowest BCUT2D eigenvalue weighted by Crippen LogP contribution is -2.46. The van der Waals surface area contributed by atoms with Crippen LogP contribution in [0.5, 0.6) is 0 Å². The average Bonchev–Trinajstić information content (AvgIpc) is 3.09. The topological polar surface area (TPSA) is 82.7 Å². The first-order valence-electron chi connectivity index (χ1n) is 8.72. The van der Waals surface area contributed by atoms with Gasteiger partial charge in [0.25, 0.3) is 5.89 Å². The van der Waals surface area contributed by atoms with Crippen LogP contribution < -0.4 is 0 Å². The summed E-state index contributed by atoms with van der Waals surface area (Å²) >= 11 is 0. The quantitative estimate of drug-likeness (QED) is 0.790. The third kappa shape index (κ3) is 5.27. The summed E-state index contributed by atoms with van der Waals surface area (Å²) < 4.78 is 5.35. The minimum absolute atomic E-state index is 0. The van der Waals surface area contributed by atoms with Crippen molar-refractivity contribution in [2.75, 3.05) is 26.2 Å². The molecule has 0 aliphatic carbocycles. The standard InChI is InChI=1S/C18H24N4O3.ClH/c1-2-22(13-17(23)24)15-8-10-21(11-9-15)12-16-19-18(25-20-16)14-6-4-3-5-7-14;/h3-7,15H,2,8-13H2,1H3,(H,23,24);1H. The number of rotatable bonds is 7. The highest BCUT2D eigenvalue weighted by atomic mass is 35.5. The Kier molecular flexibility index (Phi) is 7.56. The van der Waals surface area contributed by atoms with Crippen molar-refractivity contribution in [1.82, 2.24) is 19.9 Å². The normalized spacial score (nSPS) is 15.8. The Bertz CT molecular complexity index is 687. The molecule has 1 aromatic carbocycles. The van der Waals surface area contributed by atoms with Crippen LogP contribution in [0.15, 0.2) is 34.9 Å². The molecule has 0 unspecified atom stereocenters. The number of halogens is 1. The van der Waals surface area contributed by atoms with E-state index in [4.69, 9.17) is 9.63 Å². The van der Waals surface area contributed by atoms with Crippen LogP contribution in [0.25, 0.3) is 11.5 Å². The molecule has 26 heavy (non-hydrogen) atoms. The zero-order valence-corrected chi connectivity index (χ0v) is 15.7. The van der Waals surface area contributed by atoms with Gasteiger partial charge in [-0.2, -0.15) is 4.98 Å². The number of carboxylic acids is 1. The van der Waals surface area contributed by atoms with E-state index < -0.39 is 5.97 Å².